The number of hydrogen-bond acceptors (Lipinski definition) is 3. The van der Waals surface area contributed by atoms with Crippen molar-refractivity contribution < 1.29 is 4.74 Å². The maximum absolute atomic E-state index is 5.67. The zero-order valence-electron chi connectivity index (χ0n) is 11.5. The van der Waals surface area contributed by atoms with Crippen molar-refractivity contribution in [3.8, 4) is 5.75 Å². The Labute approximate surface area is 111 Å². The van der Waals surface area contributed by atoms with Gasteiger partial charge in [-0.05, 0) is 43.6 Å². The lowest BCUT2D eigenvalue weighted by atomic mass is 10.2. The van der Waals surface area contributed by atoms with E-state index in [4.69, 9.17) is 10.5 Å². The van der Waals surface area contributed by atoms with Gasteiger partial charge in [0.1, 0.15) is 5.75 Å². The molecule has 0 radical (unpaired) electrons. The van der Waals surface area contributed by atoms with Crippen molar-refractivity contribution in [1.29, 1.82) is 0 Å². The summed E-state index contributed by atoms with van der Waals surface area (Å²) < 4.78 is 5.67. The van der Waals surface area contributed by atoms with Crippen molar-refractivity contribution >= 4 is 0 Å². The molecule has 102 valence electrons. The van der Waals surface area contributed by atoms with Gasteiger partial charge in [0.15, 0.2) is 0 Å². The summed E-state index contributed by atoms with van der Waals surface area (Å²) in [5, 5.41) is 3.36. The Kier molecular flexibility index (Phi) is 8.26. The molecular formula is C15H26N2O. The number of nitrogens with two attached hydrogens (primary N) is 1. The molecule has 3 nitrogen and oxygen atoms in total. The van der Waals surface area contributed by atoms with Crippen molar-refractivity contribution in [3.05, 3.63) is 29.8 Å². The van der Waals surface area contributed by atoms with Crippen molar-refractivity contribution in [2.75, 3.05) is 19.7 Å². The molecule has 0 aliphatic rings. The molecule has 3 N–H and O–H groups in total. The van der Waals surface area contributed by atoms with Crippen molar-refractivity contribution in [1.82, 2.24) is 5.32 Å². The van der Waals surface area contributed by atoms with E-state index in [1.165, 1.54) is 18.4 Å². The largest absolute Gasteiger partial charge is 0.494 e. The van der Waals surface area contributed by atoms with Crippen molar-refractivity contribution in [2.45, 2.75) is 39.2 Å². The fraction of sp³-hybridized carbons (Fsp3) is 0.600. The van der Waals surface area contributed by atoms with E-state index >= 15 is 0 Å². The lowest BCUT2D eigenvalue weighted by Crippen LogP contribution is -2.17. The van der Waals surface area contributed by atoms with Crippen LogP contribution in [-0.4, -0.2) is 19.7 Å². The minimum absolute atomic E-state index is 0.748. The van der Waals surface area contributed by atoms with Gasteiger partial charge in [-0.2, -0.15) is 0 Å². The Morgan fingerprint density at radius 1 is 1.11 bits per heavy atom. The Morgan fingerprint density at radius 3 is 2.56 bits per heavy atom. The highest BCUT2D eigenvalue weighted by Gasteiger charge is 1.95. The zero-order chi connectivity index (χ0) is 13.1. The van der Waals surface area contributed by atoms with E-state index in [2.05, 4.69) is 24.4 Å². The number of hydrogen-bond donors (Lipinski definition) is 2. The lowest BCUT2D eigenvalue weighted by Gasteiger charge is -2.07. The topological polar surface area (TPSA) is 47.3 Å². The van der Waals surface area contributed by atoms with Crippen LogP contribution in [-0.2, 0) is 6.54 Å². The molecule has 0 aliphatic carbocycles. The molecule has 0 heterocycles. The Hall–Kier alpha value is -1.06. The molecule has 1 rings (SSSR count). The lowest BCUT2D eigenvalue weighted by molar-refractivity contribution is 0.306. The van der Waals surface area contributed by atoms with Crippen LogP contribution in [0.25, 0.3) is 0 Å². The van der Waals surface area contributed by atoms with Gasteiger partial charge in [-0.3, -0.25) is 0 Å². The van der Waals surface area contributed by atoms with E-state index in [0.717, 1.165) is 44.8 Å². The van der Waals surface area contributed by atoms with Crippen LogP contribution in [0.5, 0.6) is 5.75 Å². The molecule has 0 atom stereocenters. The van der Waals surface area contributed by atoms with Crippen LogP contribution >= 0.6 is 0 Å². The molecule has 0 saturated carbocycles. The van der Waals surface area contributed by atoms with Gasteiger partial charge < -0.3 is 15.8 Å². The fourth-order valence-electron chi connectivity index (χ4n) is 1.71. The predicted octanol–water partition coefficient (Wildman–Crippen LogP) is 2.69. The molecule has 3 heteroatoms. The first-order valence-corrected chi connectivity index (χ1v) is 6.99. The highest BCUT2D eigenvalue weighted by Crippen LogP contribution is 2.12. The third-order valence-corrected chi connectivity index (χ3v) is 2.83. The van der Waals surface area contributed by atoms with E-state index in [1.807, 2.05) is 12.1 Å². The molecule has 0 unspecified atom stereocenters. The maximum Gasteiger partial charge on any atom is 0.119 e. The molecule has 0 bridgehead atoms. The summed E-state index contributed by atoms with van der Waals surface area (Å²) in [6.45, 7) is 5.65. The van der Waals surface area contributed by atoms with Crippen LogP contribution in [0.15, 0.2) is 24.3 Å². The third kappa shape index (κ3) is 6.62. The van der Waals surface area contributed by atoms with Gasteiger partial charge >= 0.3 is 0 Å². The van der Waals surface area contributed by atoms with Gasteiger partial charge in [-0.1, -0.05) is 31.9 Å². The molecule has 0 aliphatic heterocycles. The van der Waals surface area contributed by atoms with Crippen LogP contribution in [0.4, 0.5) is 0 Å². The number of nitrogens with one attached hydrogen (secondary N) is 1. The summed E-state index contributed by atoms with van der Waals surface area (Å²) in [6, 6.07) is 8.33. The normalized spacial score (nSPS) is 10.6. The number of benzene rings is 1. The van der Waals surface area contributed by atoms with Crippen molar-refractivity contribution in [3.63, 3.8) is 0 Å². The van der Waals surface area contributed by atoms with Gasteiger partial charge in [-0.15, -0.1) is 0 Å². The third-order valence-electron chi connectivity index (χ3n) is 2.83. The minimum atomic E-state index is 0.748. The van der Waals surface area contributed by atoms with E-state index in [9.17, 15) is 0 Å². The summed E-state index contributed by atoms with van der Waals surface area (Å²) in [4.78, 5) is 0. The minimum Gasteiger partial charge on any atom is -0.494 e. The predicted molar refractivity (Wildman–Crippen MR) is 76.8 cm³/mol. The second-order valence-corrected chi connectivity index (χ2v) is 4.52. The van der Waals surface area contributed by atoms with Gasteiger partial charge in [0, 0.05) is 6.54 Å². The van der Waals surface area contributed by atoms with E-state index in [0.29, 0.717) is 0 Å². The molecule has 0 spiro atoms. The fourth-order valence-corrected chi connectivity index (χ4v) is 1.71. The first-order chi connectivity index (χ1) is 8.86. The van der Waals surface area contributed by atoms with Gasteiger partial charge in [0.25, 0.3) is 0 Å². The van der Waals surface area contributed by atoms with E-state index in [1.54, 1.807) is 0 Å². The van der Waals surface area contributed by atoms with Crippen molar-refractivity contribution in [2.24, 2.45) is 5.73 Å². The Morgan fingerprint density at radius 2 is 1.89 bits per heavy atom. The van der Waals surface area contributed by atoms with Crippen LogP contribution < -0.4 is 15.8 Å². The Bertz CT molecular complexity index is 267. The SMILES string of the molecule is CCCCCOc1ccc(CNCCCN)cc1. The second kappa shape index (κ2) is 9.92. The van der Waals surface area contributed by atoms with Crippen LogP contribution in [0.2, 0.25) is 0 Å². The summed E-state index contributed by atoms with van der Waals surface area (Å²) >= 11 is 0. The molecule has 1 aromatic rings. The molecular weight excluding hydrogens is 224 g/mol. The summed E-state index contributed by atoms with van der Waals surface area (Å²) in [7, 11) is 0. The quantitative estimate of drug-likeness (QED) is 0.628. The number of unbranched alkanes of at least 4 members (excludes halogenated alkanes) is 2. The smallest absolute Gasteiger partial charge is 0.119 e. The second-order valence-electron chi connectivity index (χ2n) is 4.52. The summed E-state index contributed by atoms with van der Waals surface area (Å²) in [5.74, 6) is 0.969. The zero-order valence-corrected chi connectivity index (χ0v) is 11.5. The Balaban J connectivity index is 2.20. The molecule has 0 fully saturated rings. The van der Waals surface area contributed by atoms with Gasteiger partial charge in [-0.25, -0.2) is 0 Å². The average molecular weight is 250 g/mol. The number of rotatable bonds is 10. The molecule has 1 aromatic carbocycles. The van der Waals surface area contributed by atoms with Crippen LogP contribution in [0.1, 0.15) is 38.2 Å². The average Bonchev–Trinajstić information content (AvgIpc) is 2.41. The summed E-state index contributed by atoms with van der Waals surface area (Å²) in [6.07, 6.45) is 4.64. The van der Waals surface area contributed by atoms with E-state index < -0.39 is 0 Å². The molecule has 0 saturated heterocycles. The summed E-state index contributed by atoms with van der Waals surface area (Å²) in [5.41, 5.74) is 6.72. The van der Waals surface area contributed by atoms with Gasteiger partial charge in [0.2, 0.25) is 0 Å². The highest BCUT2D eigenvalue weighted by molar-refractivity contribution is 5.27. The van der Waals surface area contributed by atoms with Gasteiger partial charge in [0.05, 0.1) is 6.61 Å². The monoisotopic (exact) mass is 250 g/mol. The van der Waals surface area contributed by atoms with Crippen LogP contribution in [0, 0.1) is 0 Å². The first kappa shape index (κ1) is 15.0. The number of ether oxygens (including phenoxy) is 1. The first-order valence-electron chi connectivity index (χ1n) is 6.99. The highest BCUT2D eigenvalue weighted by atomic mass is 16.5. The van der Waals surface area contributed by atoms with E-state index in [-0.39, 0.29) is 0 Å². The van der Waals surface area contributed by atoms with Crippen LogP contribution in [0.3, 0.4) is 0 Å². The standard InChI is InChI=1S/C15H26N2O/c1-2-3-4-12-18-15-8-6-14(7-9-15)13-17-11-5-10-16/h6-9,17H,2-5,10-13,16H2,1H3. The maximum atomic E-state index is 5.67. The molecule has 18 heavy (non-hydrogen) atoms. The molecule has 0 aromatic heterocycles. The molecule has 0 amide bonds.